The van der Waals surface area contributed by atoms with Crippen molar-refractivity contribution in [3.63, 3.8) is 0 Å². The SMILES string of the molecule is O=S(=O)(O)CC(COCc1ccccc1)C(COCc1ccccc1)CS(=O)(=O)O. The summed E-state index contributed by atoms with van der Waals surface area (Å²) in [7, 11) is -8.82. The van der Waals surface area contributed by atoms with Gasteiger partial charge >= 0.3 is 0 Å². The minimum absolute atomic E-state index is 0.135. The van der Waals surface area contributed by atoms with Gasteiger partial charge in [-0.1, -0.05) is 60.7 Å². The molecular formula is C20H26O8S2. The summed E-state index contributed by atoms with van der Waals surface area (Å²) in [5.41, 5.74) is 1.71. The topological polar surface area (TPSA) is 127 Å². The van der Waals surface area contributed by atoms with Gasteiger partial charge in [-0.05, 0) is 11.1 Å². The van der Waals surface area contributed by atoms with E-state index in [0.717, 1.165) is 11.1 Å². The highest BCUT2D eigenvalue weighted by atomic mass is 32.2. The molecule has 0 fully saturated rings. The van der Waals surface area contributed by atoms with Gasteiger partial charge < -0.3 is 9.47 Å². The van der Waals surface area contributed by atoms with Crippen molar-refractivity contribution < 1.29 is 35.4 Å². The Morgan fingerprint density at radius 3 is 1.27 bits per heavy atom. The van der Waals surface area contributed by atoms with Gasteiger partial charge in [0, 0.05) is 11.8 Å². The third-order valence-corrected chi connectivity index (χ3v) is 6.10. The second-order valence-corrected chi connectivity index (χ2v) is 10.0. The number of benzene rings is 2. The van der Waals surface area contributed by atoms with Crippen LogP contribution < -0.4 is 0 Å². The van der Waals surface area contributed by atoms with E-state index < -0.39 is 43.6 Å². The van der Waals surface area contributed by atoms with Crippen molar-refractivity contribution in [1.82, 2.24) is 0 Å². The molecule has 2 aromatic rings. The van der Waals surface area contributed by atoms with Crippen LogP contribution in [0.5, 0.6) is 0 Å². The molecule has 0 radical (unpaired) electrons. The fraction of sp³-hybridized carbons (Fsp3) is 0.400. The van der Waals surface area contributed by atoms with Crippen molar-refractivity contribution in [2.24, 2.45) is 11.8 Å². The van der Waals surface area contributed by atoms with Gasteiger partial charge in [-0.25, -0.2) is 0 Å². The highest BCUT2D eigenvalue weighted by molar-refractivity contribution is 7.86. The van der Waals surface area contributed by atoms with E-state index in [4.69, 9.17) is 9.47 Å². The summed E-state index contributed by atoms with van der Waals surface area (Å²) < 4.78 is 75.7. The Labute approximate surface area is 177 Å². The highest BCUT2D eigenvalue weighted by Gasteiger charge is 2.30. The van der Waals surface area contributed by atoms with Crippen molar-refractivity contribution in [3.8, 4) is 0 Å². The molecule has 2 atom stereocenters. The summed E-state index contributed by atoms with van der Waals surface area (Å²) in [6, 6.07) is 18.3. The number of hydrogen-bond donors (Lipinski definition) is 2. The predicted octanol–water partition coefficient (Wildman–Crippen LogP) is 2.43. The fourth-order valence-electron chi connectivity index (χ4n) is 2.99. The normalized spacial score (nSPS) is 14.3. The lowest BCUT2D eigenvalue weighted by molar-refractivity contribution is 0.0342. The summed E-state index contributed by atoms with van der Waals surface area (Å²) in [4.78, 5) is 0. The van der Waals surface area contributed by atoms with Crippen LogP contribution in [0.1, 0.15) is 11.1 Å². The van der Waals surface area contributed by atoms with Gasteiger partial charge in [-0.3, -0.25) is 9.11 Å². The number of ether oxygens (including phenoxy) is 2. The molecule has 2 aromatic carbocycles. The molecule has 0 aliphatic heterocycles. The largest absolute Gasteiger partial charge is 0.376 e. The van der Waals surface area contributed by atoms with Crippen molar-refractivity contribution in [1.29, 1.82) is 0 Å². The summed E-state index contributed by atoms with van der Waals surface area (Å²) in [5, 5.41) is 0. The minimum atomic E-state index is -4.41. The lowest BCUT2D eigenvalue weighted by Gasteiger charge is -2.25. The van der Waals surface area contributed by atoms with E-state index in [1.54, 1.807) is 0 Å². The van der Waals surface area contributed by atoms with E-state index in [0.29, 0.717) is 0 Å². The molecule has 2 unspecified atom stereocenters. The Balaban J connectivity index is 2.07. The average molecular weight is 459 g/mol. The van der Waals surface area contributed by atoms with E-state index in [2.05, 4.69) is 0 Å². The van der Waals surface area contributed by atoms with Crippen LogP contribution in [0.25, 0.3) is 0 Å². The molecule has 0 spiro atoms. The maximum Gasteiger partial charge on any atom is 0.265 e. The smallest absolute Gasteiger partial charge is 0.265 e. The lowest BCUT2D eigenvalue weighted by Crippen LogP contribution is -2.35. The lowest BCUT2D eigenvalue weighted by atomic mass is 9.97. The van der Waals surface area contributed by atoms with E-state index >= 15 is 0 Å². The highest BCUT2D eigenvalue weighted by Crippen LogP contribution is 2.20. The first-order valence-corrected chi connectivity index (χ1v) is 12.5. The summed E-state index contributed by atoms with van der Waals surface area (Å²) in [6.07, 6.45) is 0. The van der Waals surface area contributed by atoms with Crippen LogP contribution in [0.4, 0.5) is 0 Å². The Morgan fingerprint density at radius 1 is 0.633 bits per heavy atom. The zero-order valence-electron chi connectivity index (χ0n) is 16.3. The first kappa shape index (κ1) is 24.4. The molecule has 0 saturated carbocycles. The van der Waals surface area contributed by atoms with Crippen molar-refractivity contribution in [2.75, 3.05) is 24.7 Å². The predicted molar refractivity (Wildman–Crippen MR) is 112 cm³/mol. The first-order chi connectivity index (χ1) is 14.1. The van der Waals surface area contributed by atoms with Crippen LogP contribution in [-0.2, 0) is 42.9 Å². The second-order valence-electron chi connectivity index (χ2n) is 7.02. The maximum atomic E-state index is 11.5. The van der Waals surface area contributed by atoms with E-state index in [1.807, 2.05) is 60.7 Å². The van der Waals surface area contributed by atoms with E-state index in [1.165, 1.54) is 0 Å². The summed E-state index contributed by atoms with van der Waals surface area (Å²) >= 11 is 0. The Bertz CT molecular complexity index is 879. The molecule has 8 nitrogen and oxygen atoms in total. The van der Waals surface area contributed by atoms with Crippen LogP contribution in [0.15, 0.2) is 60.7 Å². The van der Waals surface area contributed by atoms with E-state index in [9.17, 15) is 25.9 Å². The standard InChI is InChI=1S/C20H26O8S2/c21-29(22,23)15-19(13-27-11-17-7-3-1-4-8-17)20(16-30(24,25)26)14-28-12-18-9-5-2-6-10-18/h1-10,19-20H,11-16H2,(H,21,22,23)(H,24,25,26). The molecule has 2 rings (SSSR count). The molecule has 0 aliphatic rings. The van der Waals surface area contributed by atoms with Crippen LogP contribution >= 0.6 is 0 Å². The molecular weight excluding hydrogens is 432 g/mol. The molecule has 10 heteroatoms. The molecule has 2 N–H and O–H groups in total. The fourth-order valence-corrected chi connectivity index (χ4v) is 4.81. The Hall–Kier alpha value is -1.82. The maximum absolute atomic E-state index is 11.5. The van der Waals surface area contributed by atoms with Crippen LogP contribution in [0, 0.1) is 11.8 Å². The molecule has 0 aromatic heterocycles. The van der Waals surface area contributed by atoms with Gasteiger partial charge in [0.1, 0.15) is 0 Å². The Kier molecular flexibility index (Phi) is 9.40. The average Bonchev–Trinajstić information content (AvgIpc) is 2.66. The third-order valence-electron chi connectivity index (χ3n) is 4.40. The van der Waals surface area contributed by atoms with Crippen LogP contribution in [0.3, 0.4) is 0 Å². The molecule has 0 amide bonds. The van der Waals surface area contributed by atoms with Crippen molar-refractivity contribution in [3.05, 3.63) is 71.8 Å². The molecule has 30 heavy (non-hydrogen) atoms. The molecule has 166 valence electrons. The zero-order chi connectivity index (χ0) is 22.0. The van der Waals surface area contributed by atoms with Gasteiger partial charge in [0.05, 0.1) is 37.9 Å². The van der Waals surface area contributed by atoms with Gasteiger partial charge in [-0.2, -0.15) is 16.8 Å². The Morgan fingerprint density at radius 2 is 0.967 bits per heavy atom. The van der Waals surface area contributed by atoms with Crippen LogP contribution in [-0.4, -0.2) is 50.7 Å². The molecule has 0 heterocycles. The van der Waals surface area contributed by atoms with Gasteiger partial charge in [0.25, 0.3) is 20.2 Å². The van der Waals surface area contributed by atoms with Gasteiger partial charge in [-0.15, -0.1) is 0 Å². The minimum Gasteiger partial charge on any atom is -0.376 e. The monoisotopic (exact) mass is 458 g/mol. The molecule has 0 saturated heterocycles. The van der Waals surface area contributed by atoms with Gasteiger partial charge in [0.15, 0.2) is 0 Å². The number of hydrogen-bond acceptors (Lipinski definition) is 6. The molecule has 0 bridgehead atoms. The van der Waals surface area contributed by atoms with Crippen molar-refractivity contribution >= 4 is 20.2 Å². The third kappa shape index (κ3) is 10.3. The summed E-state index contributed by atoms with van der Waals surface area (Å²) in [6.45, 7) is 0.103. The van der Waals surface area contributed by atoms with Crippen molar-refractivity contribution in [2.45, 2.75) is 13.2 Å². The van der Waals surface area contributed by atoms with Gasteiger partial charge in [0.2, 0.25) is 0 Å². The van der Waals surface area contributed by atoms with Crippen LogP contribution in [0.2, 0.25) is 0 Å². The first-order valence-electron chi connectivity index (χ1n) is 9.26. The quantitative estimate of drug-likeness (QED) is 0.438. The zero-order valence-corrected chi connectivity index (χ0v) is 18.0. The van der Waals surface area contributed by atoms with E-state index in [-0.39, 0.29) is 26.4 Å². The molecule has 0 aliphatic carbocycles. The second kappa shape index (κ2) is 11.5. The number of rotatable bonds is 13. The summed E-state index contributed by atoms with van der Waals surface area (Å²) in [5.74, 6) is -3.23.